The van der Waals surface area contributed by atoms with Gasteiger partial charge in [-0.1, -0.05) is 62.6 Å². The molecule has 51 heavy (non-hydrogen) atoms. The van der Waals surface area contributed by atoms with E-state index in [1.165, 1.54) is 6.42 Å². The largest absolute Gasteiger partial charge is 0.490 e. The second-order valence-electron chi connectivity index (χ2n) is 14.3. The van der Waals surface area contributed by atoms with Crippen molar-refractivity contribution >= 4 is 40.1 Å². The first-order valence-corrected chi connectivity index (χ1v) is 18.5. The van der Waals surface area contributed by atoms with E-state index in [4.69, 9.17) is 9.47 Å². The highest BCUT2D eigenvalue weighted by Gasteiger charge is 2.31. The van der Waals surface area contributed by atoms with E-state index in [0.29, 0.717) is 30.3 Å². The summed E-state index contributed by atoms with van der Waals surface area (Å²) < 4.78 is 12.8. The molecular weight excluding hydrogens is 646 g/mol. The number of carbonyl (C=O) groups is 3. The minimum Gasteiger partial charge on any atom is -0.490 e. The minimum atomic E-state index is -0.516. The van der Waals surface area contributed by atoms with Crippen LogP contribution in [0.4, 0.5) is 21.0 Å². The molecule has 1 heterocycles. The van der Waals surface area contributed by atoms with Gasteiger partial charge in [0.05, 0.1) is 36.1 Å². The molecule has 11 nitrogen and oxygen atoms in total. The molecule has 1 aliphatic heterocycles. The number of aliphatic hydroxyl groups excluding tert-OH is 1. The lowest BCUT2D eigenvalue weighted by molar-refractivity contribution is -0.0123. The van der Waals surface area contributed by atoms with Crippen molar-refractivity contribution in [2.24, 2.45) is 5.92 Å². The van der Waals surface area contributed by atoms with Gasteiger partial charge in [0.2, 0.25) is 0 Å². The van der Waals surface area contributed by atoms with Gasteiger partial charge in [-0.2, -0.15) is 0 Å². The van der Waals surface area contributed by atoms with Crippen LogP contribution >= 0.6 is 0 Å². The van der Waals surface area contributed by atoms with Crippen LogP contribution in [0, 0.1) is 5.92 Å². The predicted molar refractivity (Wildman–Crippen MR) is 201 cm³/mol. The van der Waals surface area contributed by atoms with Crippen LogP contribution in [-0.4, -0.2) is 90.5 Å². The number of hydrogen-bond acceptors (Lipinski definition) is 6. The second-order valence-corrected chi connectivity index (χ2v) is 14.3. The van der Waals surface area contributed by atoms with Crippen molar-refractivity contribution in [2.75, 3.05) is 44.0 Å². The molecule has 11 heteroatoms. The van der Waals surface area contributed by atoms with Crippen molar-refractivity contribution < 1.29 is 29.0 Å². The number of ether oxygens (including phenoxy) is 2. The van der Waals surface area contributed by atoms with Crippen LogP contribution in [0.3, 0.4) is 0 Å². The van der Waals surface area contributed by atoms with Crippen molar-refractivity contribution in [2.45, 2.75) is 96.4 Å². The molecule has 1 aliphatic carbocycles. The number of benzene rings is 3. The molecule has 0 radical (unpaired) electrons. The Bertz CT molecular complexity index is 1620. The monoisotopic (exact) mass is 701 g/mol. The van der Waals surface area contributed by atoms with Gasteiger partial charge >= 0.3 is 12.1 Å². The van der Waals surface area contributed by atoms with Gasteiger partial charge in [-0.3, -0.25) is 4.79 Å². The van der Waals surface area contributed by atoms with Crippen molar-refractivity contribution in [3.63, 3.8) is 0 Å². The van der Waals surface area contributed by atoms with E-state index >= 15 is 0 Å². The fraction of sp³-hybridized carbons (Fsp3) is 0.525. The Hall–Kier alpha value is -4.35. The quantitative estimate of drug-likeness (QED) is 0.205. The third-order valence-corrected chi connectivity index (χ3v) is 10.1. The normalized spacial score (nSPS) is 21.5. The van der Waals surface area contributed by atoms with E-state index in [1.807, 2.05) is 56.3 Å². The number of rotatable bonds is 7. The molecule has 0 spiro atoms. The Morgan fingerprint density at radius 2 is 1.71 bits per heavy atom. The van der Waals surface area contributed by atoms with Gasteiger partial charge in [0.15, 0.2) is 0 Å². The van der Waals surface area contributed by atoms with Gasteiger partial charge in [0, 0.05) is 49.8 Å². The summed E-state index contributed by atoms with van der Waals surface area (Å²) in [7, 11) is 1.79. The molecule has 0 bridgehead atoms. The molecule has 4 atom stereocenters. The van der Waals surface area contributed by atoms with Crippen LogP contribution in [-0.2, 0) is 4.74 Å². The van der Waals surface area contributed by atoms with Crippen LogP contribution in [0.2, 0.25) is 0 Å². The number of amides is 5. The molecule has 0 saturated heterocycles. The topological polar surface area (TPSA) is 132 Å². The number of nitrogens with one attached hydrogen (secondary N) is 3. The Morgan fingerprint density at radius 3 is 2.49 bits per heavy atom. The highest BCUT2D eigenvalue weighted by molar-refractivity contribution is 6.07. The van der Waals surface area contributed by atoms with E-state index in [0.717, 1.165) is 55.7 Å². The van der Waals surface area contributed by atoms with Gasteiger partial charge in [-0.15, -0.1) is 0 Å². The molecule has 5 rings (SSSR count). The fourth-order valence-electron chi connectivity index (χ4n) is 6.97. The Morgan fingerprint density at radius 1 is 0.961 bits per heavy atom. The molecule has 0 unspecified atom stereocenters. The zero-order chi connectivity index (χ0) is 36.3. The average Bonchev–Trinajstić information content (AvgIpc) is 3.13. The molecule has 5 amide bonds. The minimum absolute atomic E-state index is 0.113. The molecular formula is C40H55N5O6. The van der Waals surface area contributed by atoms with Crippen molar-refractivity contribution in [3.05, 3.63) is 66.2 Å². The molecule has 3 aromatic carbocycles. The van der Waals surface area contributed by atoms with E-state index in [9.17, 15) is 19.5 Å². The smallest absolute Gasteiger partial charge is 0.323 e. The number of aliphatic hydroxyl groups is 1. The number of nitrogens with zero attached hydrogens (tertiary/aromatic N) is 2. The molecule has 0 aromatic heterocycles. The highest BCUT2D eigenvalue weighted by Crippen LogP contribution is 2.29. The van der Waals surface area contributed by atoms with Crippen molar-refractivity contribution in [3.8, 4) is 5.75 Å². The first-order valence-electron chi connectivity index (χ1n) is 18.5. The Labute approximate surface area is 302 Å². The van der Waals surface area contributed by atoms with Crippen molar-refractivity contribution in [1.29, 1.82) is 0 Å². The molecule has 1 saturated carbocycles. The summed E-state index contributed by atoms with van der Waals surface area (Å²) in [6.07, 6.45) is 7.41. The maximum atomic E-state index is 14.5. The number of hydrogen-bond donors (Lipinski definition) is 4. The maximum Gasteiger partial charge on any atom is 0.323 e. The van der Waals surface area contributed by atoms with E-state index in [2.05, 4.69) is 16.0 Å². The SMILES string of the molecule is C[C@@H]1CCCCO[C@@H](CN(C)C(=O)NC2CCCCC2)[C@H](C)CN([C@H](C)CO)C(=O)c2cc(NC(=O)Nc3cccc4ccccc34)ccc2O1. The van der Waals surface area contributed by atoms with Crippen molar-refractivity contribution in [1.82, 2.24) is 15.1 Å². The summed E-state index contributed by atoms with van der Waals surface area (Å²) in [5.74, 6) is -0.0888. The molecule has 3 aromatic rings. The summed E-state index contributed by atoms with van der Waals surface area (Å²) in [6, 6.07) is 17.7. The van der Waals surface area contributed by atoms with Crippen LogP contribution in [0.25, 0.3) is 10.8 Å². The Balaban J connectivity index is 1.36. The molecule has 1 fully saturated rings. The zero-order valence-corrected chi connectivity index (χ0v) is 30.5. The number of anilines is 2. The van der Waals surface area contributed by atoms with Gasteiger partial charge in [0.1, 0.15) is 5.75 Å². The standard InChI is InChI=1S/C40H55N5O6/c1-27-24-45(28(2)26-46)38(47)34-23-32(41-39(48)43-35-19-12-15-30-14-8-9-18-33(30)35)20-21-36(34)51-29(3)13-10-11-22-50-37(27)25-44(4)40(49)42-31-16-6-5-7-17-31/h8-9,12,14-15,18-21,23,27-29,31,37,46H,5-7,10-11,13,16-17,22,24-26H2,1-4H3,(H,42,49)(H2,41,43,48)/t27-,28-,29-,37+/m1/s1. The number of urea groups is 2. The fourth-order valence-corrected chi connectivity index (χ4v) is 6.97. The summed E-state index contributed by atoms with van der Waals surface area (Å²) in [6.45, 7) is 6.72. The van der Waals surface area contributed by atoms with Gasteiger partial charge in [0.25, 0.3) is 5.91 Å². The summed E-state index contributed by atoms with van der Waals surface area (Å²) in [4.78, 5) is 44.2. The van der Waals surface area contributed by atoms with Crippen LogP contribution < -0.4 is 20.7 Å². The number of fused-ring (bicyclic) bond motifs is 2. The van der Waals surface area contributed by atoms with E-state index in [1.54, 1.807) is 42.0 Å². The third kappa shape index (κ3) is 10.4. The first-order chi connectivity index (χ1) is 24.6. The maximum absolute atomic E-state index is 14.5. The molecule has 4 N–H and O–H groups in total. The van der Waals surface area contributed by atoms with E-state index in [-0.39, 0.29) is 54.8 Å². The van der Waals surface area contributed by atoms with Crippen LogP contribution in [0.1, 0.15) is 82.5 Å². The van der Waals surface area contributed by atoms with Gasteiger partial charge in [-0.05, 0) is 75.6 Å². The average molecular weight is 702 g/mol. The third-order valence-electron chi connectivity index (χ3n) is 10.1. The number of likely N-dealkylation sites (N-methyl/N-ethyl adjacent to an activating group) is 1. The highest BCUT2D eigenvalue weighted by atomic mass is 16.5. The zero-order valence-electron chi connectivity index (χ0n) is 30.5. The lowest BCUT2D eigenvalue weighted by Crippen LogP contribution is -2.50. The summed E-state index contributed by atoms with van der Waals surface area (Å²) in [5.41, 5.74) is 1.38. The Kier molecular flexibility index (Phi) is 13.5. The summed E-state index contributed by atoms with van der Waals surface area (Å²) in [5, 5.41) is 21.2. The lowest BCUT2D eigenvalue weighted by atomic mass is 9.96. The van der Waals surface area contributed by atoms with Crippen LogP contribution in [0.15, 0.2) is 60.7 Å². The summed E-state index contributed by atoms with van der Waals surface area (Å²) >= 11 is 0. The number of carbonyl (C=O) groups excluding carboxylic acids is 3. The van der Waals surface area contributed by atoms with E-state index < -0.39 is 12.1 Å². The first kappa shape index (κ1) is 37.9. The second kappa shape index (κ2) is 18.2. The molecule has 2 aliphatic rings. The lowest BCUT2D eigenvalue weighted by Gasteiger charge is -2.36. The molecule has 276 valence electrons. The van der Waals surface area contributed by atoms with Gasteiger partial charge < -0.3 is 40.3 Å². The van der Waals surface area contributed by atoms with Crippen LogP contribution in [0.5, 0.6) is 5.75 Å². The predicted octanol–water partition coefficient (Wildman–Crippen LogP) is 7.25. The van der Waals surface area contributed by atoms with Gasteiger partial charge in [-0.25, -0.2) is 9.59 Å².